The summed E-state index contributed by atoms with van der Waals surface area (Å²) in [5.41, 5.74) is 0.972. The van der Waals surface area contributed by atoms with Crippen LogP contribution in [-0.4, -0.2) is 25.0 Å². The van der Waals surface area contributed by atoms with Crippen LogP contribution in [0, 0.1) is 0 Å². The summed E-state index contributed by atoms with van der Waals surface area (Å²) in [6, 6.07) is 9.46. The van der Waals surface area contributed by atoms with Crippen molar-refractivity contribution < 1.29 is 14.3 Å². The summed E-state index contributed by atoms with van der Waals surface area (Å²) < 4.78 is 5.24. The van der Waals surface area contributed by atoms with Gasteiger partial charge in [-0.3, -0.25) is 0 Å². The van der Waals surface area contributed by atoms with Gasteiger partial charge >= 0.3 is 0 Å². The Bertz CT molecular complexity index is 344. The molecule has 0 radical (unpaired) electrons. The molecule has 0 fully saturated rings. The molecule has 0 spiro atoms. The fourth-order valence-corrected chi connectivity index (χ4v) is 1.04. The SMILES string of the molecule is O=C=NCC(C=O)OCc1ccccc1. The van der Waals surface area contributed by atoms with Gasteiger partial charge in [-0.2, -0.15) is 0 Å². The van der Waals surface area contributed by atoms with E-state index in [1.165, 1.54) is 6.08 Å². The van der Waals surface area contributed by atoms with E-state index in [-0.39, 0.29) is 6.54 Å². The van der Waals surface area contributed by atoms with Crippen LogP contribution < -0.4 is 0 Å². The minimum absolute atomic E-state index is 0.0276. The third-order valence-corrected chi connectivity index (χ3v) is 1.79. The lowest BCUT2D eigenvalue weighted by Crippen LogP contribution is -2.17. The van der Waals surface area contributed by atoms with Gasteiger partial charge in [-0.05, 0) is 5.56 Å². The number of ether oxygens (including phenoxy) is 1. The summed E-state index contributed by atoms with van der Waals surface area (Å²) in [7, 11) is 0. The van der Waals surface area contributed by atoms with Gasteiger partial charge in [0.05, 0.1) is 13.2 Å². The molecule has 1 unspecified atom stereocenters. The summed E-state index contributed by atoms with van der Waals surface area (Å²) in [4.78, 5) is 23.6. The minimum Gasteiger partial charge on any atom is -0.364 e. The Balaban J connectivity index is 2.40. The van der Waals surface area contributed by atoms with Crippen LogP contribution in [-0.2, 0) is 20.9 Å². The van der Waals surface area contributed by atoms with Crippen LogP contribution in [0.1, 0.15) is 5.56 Å². The van der Waals surface area contributed by atoms with Crippen molar-refractivity contribution in [1.29, 1.82) is 0 Å². The second-order valence-corrected chi connectivity index (χ2v) is 2.90. The molecule has 0 saturated carbocycles. The Morgan fingerprint density at radius 3 is 2.73 bits per heavy atom. The molecule has 0 amide bonds. The largest absolute Gasteiger partial charge is 0.364 e. The Morgan fingerprint density at radius 2 is 2.13 bits per heavy atom. The number of carbonyl (C=O) groups is 1. The first-order valence-electron chi connectivity index (χ1n) is 4.51. The van der Waals surface area contributed by atoms with Crippen LogP contribution in [0.25, 0.3) is 0 Å². The van der Waals surface area contributed by atoms with E-state index in [1.54, 1.807) is 0 Å². The fourth-order valence-electron chi connectivity index (χ4n) is 1.04. The highest BCUT2D eigenvalue weighted by atomic mass is 16.5. The molecule has 1 aromatic carbocycles. The summed E-state index contributed by atoms with van der Waals surface area (Å²) >= 11 is 0. The number of hydrogen-bond acceptors (Lipinski definition) is 4. The van der Waals surface area contributed by atoms with E-state index in [2.05, 4.69) is 4.99 Å². The standard InChI is InChI=1S/C11H11NO3/c13-7-11(6-12-9-14)15-8-10-4-2-1-3-5-10/h1-5,7,11H,6,8H2. The first-order chi connectivity index (χ1) is 7.36. The number of carbonyl (C=O) groups excluding carboxylic acids is 2. The summed E-state index contributed by atoms with van der Waals surface area (Å²) in [6.07, 6.45) is 1.32. The van der Waals surface area contributed by atoms with Gasteiger partial charge in [0.1, 0.15) is 6.10 Å². The first kappa shape index (κ1) is 11.3. The zero-order valence-electron chi connectivity index (χ0n) is 8.13. The number of benzene rings is 1. The van der Waals surface area contributed by atoms with E-state index < -0.39 is 6.10 Å². The second kappa shape index (κ2) is 6.65. The lowest BCUT2D eigenvalue weighted by molar-refractivity contribution is -0.118. The van der Waals surface area contributed by atoms with Gasteiger partial charge in [-0.25, -0.2) is 9.79 Å². The van der Waals surface area contributed by atoms with Gasteiger partial charge < -0.3 is 9.53 Å². The summed E-state index contributed by atoms with van der Waals surface area (Å²) in [5, 5.41) is 0. The van der Waals surface area contributed by atoms with Crippen LogP contribution in [0.15, 0.2) is 35.3 Å². The Kier molecular flexibility index (Phi) is 5.01. The highest BCUT2D eigenvalue weighted by Gasteiger charge is 2.06. The number of hydrogen-bond donors (Lipinski definition) is 0. The van der Waals surface area contributed by atoms with Crippen molar-refractivity contribution in [3.05, 3.63) is 35.9 Å². The van der Waals surface area contributed by atoms with E-state index in [0.29, 0.717) is 12.9 Å². The maximum absolute atomic E-state index is 10.5. The van der Waals surface area contributed by atoms with E-state index in [4.69, 9.17) is 4.74 Å². The molecular weight excluding hydrogens is 194 g/mol. The molecule has 0 N–H and O–H groups in total. The molecule has 0 aromatic heterocycles. The molecule has 1 rings (SSSR count). The predicted octanol–water partition coefficient (Wildman–Crippen LogP) is 1.11. The summed E-state index contributed by atoms with van der Waals surface area (Å²) in [6.45, 7) is 0.360. The maximum atomic E-state index is 10.5. The molecular formula is C11H11NO3. The lowest BCUT2D eigenvalue weighted by atomic mass is 10.2. The summed E-state index contributed by atoms with van der Waals surface area (Å²) in [5.74, 6) is 0. The fraction of sp³-hybridized carbons (Fsp3) is 0.273. The number of rotatable bonds is 6. The van der Waals surface area contributed by atoms with E-state index >= 15 is 0 Å². The lowest BCUT2D eigenvalue weighted by Gasteiger charge is -2.08. The van der Waals surface area contributed by atoms with Crippen LogP contribution in [0.2, 0.25) is 0 Å². The smallest absolute Gasteiger partial charge is 0.235 e. The molecule has 0 aliphatic heterocycles. The average Bonchev–Trinajstić information content (AvgIpc) is 2.31. The van der Waals surface area contributed by atoms with Crippen molar-refractivity contribution in [3.8, 4) is 0 Å². The van der Waals surface area contributed by atoms with Crippen molar-refractivity contribution in [2.75, 3.05) is 6.54 Å². The van der Waals surface area contributed by atoms with Gasteiger partial charge in [-0.15, -0.1) is 0 Å². The molecule has 4 nitrogen and oxygen atoms in total. The van der Waals surface area contributed by atoms with Gasteiger partial charge in [0.25, 0.3) is 0 Å². The van der Waals surface area contributed by atoms with Gasteiger partial charge in [0, 0.05) is 0 Å². The number of aldehydes is 1. The molecule has 0 aliphatic carbocycles. The van der Waals surface area contributed by atoms with E-state index in [9.17, 15) is 9.59 Å². The second-order valence-electron chi connectivity index (χ2n) is 2.90. The predicted molar refractivity (Wildman–Crippen MR) is 54.1 cm³/mol. The third-order valence-electron chi connectivity index (χ3n) is 1.79. The number of nitrogens with zero attached hydrogens (tertiary/aromatic N) is 1. The number of isocyanates is 1. The van der Waals surface area contributed by atoms with Crippen molar-refractivity contribution in [2.45, 2.75) is 12.7 Å². The molecule has 0 bridgehead atoms. The molecule has 0 aliphatic rings. The van der Waals surface area contributed by atoms with Crippen LogP contribution in [0.5, 0.6) is 0 Å². The van der Waals surface area contributed by atoms with Gasteiger partial charge in [0.2, 0.25) is 6.08 Å². The monoisotopic (exact) mass is 205 g/mol. The topological polar surface area (TPSA) is 55.7 Å². The molecule has 78 valence electrons. The zero-order valence-corrected chi connectivity index (χ0v) is 8.13. The highest BCUT2D eigenvalue weighted by Crippen LogP contribution is 2.02. The first-order valence-corrected chi connectivity index (χ1v) is 4.51. The van der Waals surface area contributed by atoms with Crippen molar-refractivity contribution in [1.82, 2.24) is 0 Å². The van der Waals surface area contributed by atoms with Crippen LogP contribution in [0.3, 0.4) is 0 Å². The Labute approximate surface area is 87.6 Å². The highest BCUT2D eigenvalue weighted by molar-refractivity contribution is 5.56. The zero-order chi connectivity index (χ0) is 10.9. The maximum Gasteiger partial charge on any atom is 0.235 e. The van der Waals surface area contributed by atoms with Crippen LogP contribution >= 0.6 is 0 Å². The Hall–Kier alpha value is -1.77. The van der Waals surface area contributed by atoms with Crippen LogP contribution in [0.4, 0.5) is 0 Å². The van der Waals surface area contributed by atoms with Gasteiger partial charge in [-0.1, -0.05) is 30.3 Å². The minimum atomic E-state index is -0.674. The van der Waals surface area contributed by atoms with Crippen molar-refractivity contribution >= 4 is 12.4 Å². The van der Waals surface area contributed by atoms with Crippen molar-refractivity contribution in [3.63, 3.8) is 0 Å². The number of aliphatic imine (C=N–C) groups is 1. The molecule has 4 heteroatoms. The van der Waals surface area contributed by atoms with E-state index in [1.807, 2.05) is 30.3 Å². The molecule has 0 heterocycles. The average molecular weight is 205 g/mol. The molecule has 1 aromatic rings. The molecule has 15 heavy (non-hydrogen) atoms. The molecule has 1 atom stereocenters. The third kappa shape index (κ3) is 4.31. The molecule has 0 saturated heterocycles. The normalized spacial score (nSPS) is 11.5. The van der Waals surface area contributed by atoms with Gasteiger partial charge in [0.15, 0.2) is 6.29 Å². The Morgan fingerprint density at radius 1 is 1.40 bits per heavy atom. The quantitative estimate of drug-likeness (QED) is 0.397. The van der Waals surface area contributed by atoms with Crippen molar-refractivity contribution in [2.24, 2.45) is 4.99 Å². The van der Waals surface area contributed by atoms with E-state index in [0.717, 1.165) is 5.56 Å².